The maximum atomic E-state index is 13.0. The van der Waals surface area contributed by atoms with Gasteiger partial charge in [0.25, 0.3) is 0 Å². The van der Waals surface area contributed by atoms with E-state index in [0.29, 0.717) is 30.4 Å². The molecule has 0 radical (unpaired) electrons. The highest BCUT2D eigenvalue weighted by Crippen LogP contribution is 2.45. The highest BCUT2D eigenvalue weighted by Gasteiger charge is 2.73. The van der Waals surface area contributed by atoms with Crippen LogP contribution in [0.5, 0.6) is 5.75 Å². The van der Waals surface area contributed by atoms with E-state index in [0.717, 1.165) is 0 Å². The zero-order valence-electron chi connectivity index (χ0n) is 13.2. The summed E-state index contributed by atoms with van der Waals surface area (Å²) >= 11 is 0. The van der Waals surface area contributed by atoms with Crippen molar-refractivity contribution in [1.29, 1.82) is 0 Å². The first kappa shape index (κ1) is 20.8. The lowest BCUT2D eigenvalue weighted by molar-refractivity contribution is -0.361. The SMILES string of the molecule is CCN(CC)c1ccc(/C=N/NC(F)(F)C(F)(F)C(F)(F)F)c(O)c1. The number of hydrazone groups is 1. The molecule has 0 saturated carbocycles. The molecule has 0 heterocycles. The van der Waals surface area contributed by atoms with Crippen LogP contribution in [0.2, 0.25) is 0 Å². The summed E-state index contributed by atoms with van der Waals surface area (Å²) in [4.78, 5) is 1.86. The molecule has 142 valence electrons. The number of anilines is 1. The first-order valence-corrected chi connectivity index (χ1v) is 7.08. The minimum absolute atomic E-state index is 0.144. The number of aromatic hydroxyl groups is 1. The number of rotatable bonds is 7. The second kappa shape index (κ2) is 7.36. The lowest BCUT2D eigenvalue weighted by Gasteiger charge is -2.27. The molecule has 1 aromatic carbocycles. The fraction of sp³-hybridized carbons (Fsp3) is 0.500. The van der Waals surface area contributed by atoms with Gasteiger partial charge in [-0.1, -0.05) is 0 Å². The first-order chi connectivity index (χ1) is 11.4. The minimum atomic E-state index is -6.45. The summed E-state index contributed by atoms with van der Waals surface area (Å²) in [5.74, 6) is -6.72. The van der Waals surface area contributed by atoms with Crippen molar-refractivity contribution in [3.63, 3.8) is 0 Å². The van der Waals surface area contributed by atoms with Crippen LogP contribution in [0.3, 0.4) is 0 Å². The second-order valence-electron chi connectivity index (χ2n) is 4.93. The van der Waals surface area contributed by atoms with Crippen LogP contribution in [0, 0.1) is 0 Å². The molecule has 0 bridgehead atoms. The van der Waals surface area contributed by atoms with Gasteiger partial charge >= 0.3 is 18.1 Å². The Hall–Kier alpha value is -2.20. The fourth-order valence-corrected chi connectivity index (χ4v) is 1.86. The number of nitrogens with zero attached hydrogens (tertiary/aromatic N) is 2. The van der Waals surface area contributed by atoms with Crippen LogP contribution in [-0.2, 0) is 0 Å². The standard InChI is InChI=1S/C14H16F7N3O/c1-3-24(4-2)10-6-5-9(11(25)7-10)8-22-23-14(20,21)12(15,16)13(17,18)19/h5-8,23,25H,3-4H2,1-2H3/b22-8+. The van der Waals surface area contributed by atoms with E-state index in [9.17, 15) is 35.8 Å². The molecule has 0 fully saturated rings. The van der Waals surface area contributed by atoms with Crippen LogP contribution in [-0.4, -0.2) is 42.6 Å². The molecular weight excluding hydrogens is 359 g/mol. The molecule has 2 N–H and O–H groups in total. The van der Waals surface area contributed by atoms with Gasteiger partial charge in [-0.25, -0.2) is 5.43 Å². The normalized spacial score (nSPS) is 13.3. The molecule has 0 unspecified atom stereocenters. The number of phenolic OH excluding ortho intramolecular Hbond substituents is 1. The van der Waals surface area contributed by atoms with Gasteiger partial charge in [-0.15, -0.1) is 0 Å². The molecule has 1 aromatic rings. The summed E-state index contributed by atoms with van der Waals surface area (Å²) in [6, 6.07) is -1.60. The zero-order chi connectivity index (χ0) is 19.5. The summed E-state index contributed by atoms with van der Waals surface area (Å²) in [6.45, 7) is 4.98. The van der Waals surface area contributed by atoms with Gasteiger partial charge < -0.3 is 10.0 Å². The molecule has 0 aromatic heterocycles. The van der Waals surface area contributed by atoms with Crippen LogP contribution < -0.4 is 10.3 Å². The molecule has 1 rings (SSSR count). The van der Waals surface area contributed by atoms with Crippen LogP contribution in [0.1, 0.15) is 19.4 Å². The molecule has 0 aliphatic heterocycles. The van der Waals surface area contributed by atoms with Crippen molar-refractivity contribution in [3.05, 3.63) is 23.8 Å². The van der Waals surface area contributed by atoms with E-state index in [-0.39, 0.29) is 5.56 Å². The monoisotopic (exact) mass is 375 g/mol. The summed E-state index contributed by atoms with van der Waals surface area (Å²) < 4.78 is 87.2. The molecule has 25 heavy (non-hydrogen) atoms. The van der Waals surface area contributed by atoms with E-state index in [1.807, 2.05) is 18.7 Å². The van der Waals surface area contributed by atoms with Crippen molar-refractivity contribution in [2.24, 2.45) is 5.10 Å². The number of hydrogen-bond acceptors (Lipinski definition) is 4. The predicted molar refractivity (Wildman–Crippen MR) is 78.3 cm³/mol. The summed E-state index contributed by atoms with van der Waals surface area (Å²) in [5, 5.41) is 12.5. The number of hydrogen-bond donors (Lipinski definition) is 2. The number of phenols is 1. The zero-order valence-corrected chi connectivity index (χ0v) is 13.2. The highest BCUT2D eigenvalue weighted by molar-refractivity contribution is 5.84. The maximum Gasteiger partial charge on any atom is 0.462 e. The Bertz CT molecular complexity index is 613. The molecule has 11 heteroatoms. The Balaban J connectivity index is 2.93. The smallest absolute Gasteiger partial charge is 0.462 e. The van der Waals surface area contributed by atoms with Crippen LogP contribution in [0.4, 0.5) is 36.4 Å². The number of nitrogens with one attached hydrogen (secondary N) is 1. The lowest BCUT2D eigenvalue weighted by Crippen LogP contribution is -2.58. The first-order valence-electron chi connectivity index (χ1n) is 7.08. The fourth-order valence-electron chi connectivity index (χ4n) is 1.86. The van der Waals surface area contributed by atoms with Gasteiger partial charge in [0.2, 0.25) is 0 Å². The van der Waals surface area contributed by atoms with Crippen LogP contribution in [0.25, 0.3) is 0 Å². The van der Waals surface area contributed by atoms with E-state index in [4.69, 9.17) is 0 Å². The molecule has 0 amide bonds. The Kier molecular flexibility index (Phi) is 6.14. The molecule has 0 saturated heterocycles. The largest absolute Gasteiger partial charge is 0.507 e. The van der Waals surface area contributed by atoms with Gasteiger partial charge in [-0.2, -0.15) is 35.8 Å². The minimum Gasteiger partial charge on any atom is -0.507 e. The van der Waals surface area contributed by atoms with Gasteiger partial charge in [0, 0.05) is 30.4 Å². The van der Waals surface area contributed by atoms with E-state index < -0.39 is 23.9 Å². The lowest BCUT2D eigenvalue weighted by atomic mass is 10.2. The highest BCUT2D eigenvalue weighted by atomic mass is 19.4. The third-order valence-electron chi connectivity index (χ3n) is 3.30. The molecule has 0 aliphatic carbocycles. The topological polar surface area (TPSA) is 47.9 Å². The van der Waals surface area contributed by atoms with E-state index in [2.05, 4.69) is 5.10 Å². The van der Waals surface area contributed by atoms with Gasteiger partial charge in [0.05, 0.1) is 6.21 Å². The van der Waals surface area contributed by atoms with E-state index in [1.54, 1.807) is 0 Å². The number of alkyl halides is 7. The molecular formula is C14H16F7N3O. The van der Waals surface area contributed by atoms with Gasteiger partial charge in [0.15, 0.2) is 0 Å². The van der Waals surface area contributed by atoms with Gasteiger partial charge in [0.1, 0.15) is 5.75 Å². The average molecular weight is 375 g/mol. The molecule has 0 aliphatic rings. The van der Waals surface area contributed by atoms with Crippen molar-refractivity contribution in [3.8, 4) is 5.75 Å². The van der Waals surface area contributed by atoms with Crippen molar-refractivity contribution >= 4 is 11.9 Å². The number of halogens is 7. The summed E-state index contributed by atoms with van der Waals surface area (Å²) in [7, 11) is 0. The Morgan fingerprint density at radius 2 is 1.64 bits per heavy atom. The molecule has 0 atom stereocenters. The second-order valence-corrected chi connectivity index (χ2v) is 4.93. The van der Waals surface area contributed by atoms with Crippen molar-refractivity contribution < 1.29 is 35.8 Å². The quantitative estimate of drug-likeness (QED) is 0.328. The van der Waals surface area contributed by atoms with E-state index >= 15 is 0 Å². The number of benzene rings is 1. The van der Waals surface area contributed by atoms with Crippen molar-refractivity contribution in [1.82, 2.24) is 5.43 Å². The Labute approximate surface area is 138 Å². The van der Waals surface area contributed by atoms with Crippen LogP contribution >= 0.6 is 0 Å². The third kappa shape index (κ3) is 4.45. The molecule has 4 nitrogen and oxygen atoms in total. The summed E-state index contributed by atoms with van der Waals surface area (Å²) in [6.07, 6.45) is -5.94. The third-order valence-corrected chi connectivity index (χ3v) is 3.30. The summed E-state index contributed by atoms with van der Waals surface area (Å²) in [5.41, 5.74) is 0.954. The molecule has 0 spiro atoms. The van der Waals surface area contributed by atoms with Gasteiger partial charge in [-0.3, -0.25) is 0 Å². The Morgan fingerprint density at radius 3 is 2.08 bits per heavy atom. The van der Waals surface area contributed by atoms with E-state index in [1.165, 1.54) is 18.2 Å². The Morgan fingerprint density at radius 1 is 1.08 bits per heavy atom. The van der Waals surface area contributed by atoms with Crippen molar-refractivity contribution in [2.45, 2.75) is 32.0 Å². The van der Waals surface area contributed by atoms with Crippen molar-refractivity contribution in [2.75, 3.05) is 18.0 Å². The maximum absolute atomic E-state index is 13.0. The van der Waals surface area contributed by atoms with Crippen LogP contribution in [0.15, 0.2) is 23.3 Å². The predicted octanol–water partition coefficient (Wildman–Crippen LogP) is 3.95. The van der Waals surface area contributed by atoms with Gasteiger partial charge in [-0.05, 0) is 26.0 Å². The average Bonchev–Trinajstić information content (AvgIpc) is 2.49.